The Balaban J connectivity index is 2.01. The summed E-state index contributed by atoms with van der Waals surface area (Å²) in [5.41, 5.74) is 1.90. The van der Waals surface area contributed by atoms with E-state index in [1.165, 1.54) is 5.39 Å². The van der Waals surface area contributed by atoms with Gasteiger partial charge in [0.15, 0.2) is 0 Å². The molecule has 0 saturated carbocycles. The number of nitrogens with one attached hydrogen (secondary N) is 2. The van der Waals surface area contributed by atoms with Gasteiger partial charge in [-0.25, -0.2) is 4.79 Å². The van der Waals surface area contributed by atoms with Crippen molar-refractivity contribution in [3.8, 4) is 0 Å². The number of urea groups is 1. The molecule has 2 aromatic rings. The van der Waals surface area contributed by atoms with E-state index in [-0.39, 0.29) is 6.03 Å². The maximum atomic E-state index is 11.8. The molecule has 1 aromatic heterocycles. The van der Waals surface area contributed by atoms with E-state index in [9.17, 15) is 4.79 Å². The summed E-state index contributed by atoms with van der Waals surface area (Å²) in [5, 5.41) is 15.9. The van der Waals surface area contributed by atoms with Crippen LogP contribution >= 0.6 is 0 Å². The number of amides is 2. The molecule has 1 aromatic carbocycles. The van der Waals surface area contributed by atoms with Crippen LogP contribution in [0.4, 0.5) is 10.5 Å². The molecule has 0 saturated heterocycles. The Kier molecular flexibility index (Phi) is 5.22. The number of anilines is 1. The highest BCUT2D eigenvalue weighted by Crippen LogP contribution is 2.20. The van der Waals surface area contributed by atoms with E-state index in [1.54, 1.807) is 6.92 Å². The highest BCUT2D eigenvalue weighted by atomic mass is 16.3. The number of carbonyl (C=O) groups excluding carboxylic acids is 1. The fraction of sp³-hybridized carbons (Fsp3) is 0.438. The zero-order valence-electron chi connectivity index (χ0n) is 12.6. The lowest BCUT2D eigenvalue weighted by molar-refractivity contribution is 0.184. The molecule has 114 valence electrons. The number of hydrogen-bond donors (Lipinski definition) is 3. The average Bonchev–Trinajstić information content (AvgIpc) is 2.81. The molecule has 0 aliphatic heterocycles. The molecule has 1 heterocycles. The van der Waals surface area contributed by atoms with E-state index in [0.717, 1.165) is 24.2 Å². The largest absolute Gasteiger partial charge is 0.393 e. The summed E-state index contributed by atoms with van der Waals surface area (Å²) in [6, 6.07) is 7.72. The predicted octanol–water partition coefficient (Wildman–Crippen LogP) is 2.94. The number of aromatic nitrogens is 1. The van der Waals surface area contributed by atoms with Gasteiger partial charge in [-0.15, -0.1) is 0 Å². The van der Waals surface area contributed by atoms with Crippen molar-refractivity contribution in [2.24, 2.45) is 0 Å². The Morgan fingerprint density at radius 3 is 2.90 bits per heavy atom. The summed E-state index contributed by atoms with van der Waals surface area (Å²) < 4.78 is 2.19. The second kappa shape index (κ2) is 7.13. The zero-order valence-corrected chi connectivity index (χ0v) is 12.6. The standard InChI is InChI=1S/C16H23N3O2/c1-3-9-19-10-7-13-4-5-14(11-15(13)19)18-16(21)17-8-6-12(2)20/h4-5,7,10-12,20H,3,6,8-9H2,1-2H3,(H2,17,18,21). The van der Waals surface area contributed by atoms with Crippen molar-refractivity contribution < 1.29 is 9.90 Å². The van der Waals surface area contributed by atoms with Gasteiger partial charge in [0.25, 0.3) is 0 Å². The van der Waals surface area contributed by atoms with E-state index < -0.39 is 6.10 Å². The zero-order chi connectivity index (χ0) is 15.2. The van der Waals surface area contributed by atoms with Crippen LogP contribution in [0.1, 0.15) is 26.7 Å². The van der Waals surface area contributed by atoms with Crippen LogP contribution in [0, 0.1) is 0 Å². The van der Waals surface area contributed by atoms with E-state index in [0.29, 0.717) is 13.0 Å². The van der Waals surface area contributed by atoms with Crippen molar-refractivity contribution in [2.45, 2.75) is 39.3 Å². The molecular weight excluding hydrogens is 266 g/mol. The molecule has 0 bridgehead atoms. The minimum Gasteiger partial charge on any atom is -0.393 e. The number of fused-ring (bicyclic) bond motifs is 1. The van der Waals surface area contributed by atoms with Crippen LogP contribution in [0.25, 0.3) is 10.9 Å². The van der Waals surface area contributed by atoms with Crippen LogP contribution in [0.3, 0.4) is 0 Å². The van der Waals surface area contributed by atoms with Gasteiger partial charge in [0, 0.05) is 25.0 Å². The minimum absolute atomic E-state index is 0.247. The molecule has 0 aliphatic rings. The summed E-state index contributed by atoms with van der Waals surface area (Å²) >= 11 is 0. The number of benzene rings is 1. The van der Waals surface area contributed by atoms with Gasteiger partial charge in [-0.1, -0.05) is 13.0 Å². The molecule has 1 unspecified atom stereocenters. The molecule has 21 heavy (non-hydrogen) atoms. The molecule has 3 N–H and O–H groups in total. The molecule has 0 aliphatic carbocycles. The maximum absolute atomic E-state index is 11.8. The second-order valence-electron chi connectivity index (χ2n) is 5.30. The number of hydrogen-bond acceptors (Lipinski definition) is 2. The predicted molar refractivity (Wildman–Crippen MR) is 85.5 cm³/mol. The smallest absolute Gasteiger partial charge is 0.319 e. The van der Waals surface area contributed by atoms with E-state index in [1.807, 2.05) is 18.2 Å². The lowest BCUT2D eigenvalue weighted by Crippen LogP contribution is -2.30. The van der Waals surface area contributed by atoms with Crippen LogP contribution in [0.2, 0.25) is 0 Å². The SMILES string of the molecule is CCCn1ccc2ccc(NC(=O)NCCC(C)O)cc21. The first kappa shape index (κ1) is 15.4. The molecular formula is C16H23N3O2. The van der Waals surface area contributed by atoms with Crippen LogP contribution in [-0.2, 0) is 6.54 Å². The fourth-order valence-corrected chi connectivity index (χ4v) is 2.27. The van der Waals surface area contributed by atoms with E-state index in [2.05, 4.69) is 34.4 Å². The Hall–Kier alpha value is -2.01. The number of aliphatic hydroxyl groups excluding tert-OH is 1. The van der Waals surface area contributed by atoms with Gasteiger partial charge in [0.2, 0.25) is 0 Å². The molecule has 1 atom stereocenters. The van der Waals surface area contributed by atoms with Crippen LogP contribution in [0.5, 0.6) is 0 Å². The van der Waals surface area contributed by atoms with Crippen molar-refractivity contribution in [1.29, 1.82) is 0 Å². The van der Waals surface area contributed by atoms with Gasteiger partial charge >= 0.3 is 6.03 Å². The molecule has 2 amide bonds. The normalized spacial score (nSPS) is 12.3. The van der Waals surface area contributed by atoms with Gasteiger partial charge in [0.1, 0.15) is 0 Å². The van der Waals surface area contributed by atoms with Crippen molar-refractivity contribution in [3.05, 3.63) is 30.5 Å². The van der Waals surface area contributed by atoms with Crippen molar-refractivity contribution in [1.82, 2.24) is 9.88 Å². The molecule has 2 rings (SSSR count). The quantitative estimate of drug-likeness (QED) is 0.765. The first-order valence-electron chi connectivity index (χ1n) is 7.42. The third kappa shape index (κ3) is 4.23. The van der Waals surface area contributed by atoms with Crippen molar-refractivity contribution >= 4 is 22.6 Å². The van der Waals surface area contributed by atoms with E-state index >= 15 is 0 Å². The highest BCUT2D eigenvalue weighted by Gasteiger charge is 2.05. The number of aliphatic hydroxyl groups is 1. The van der Waals surface area contributed by atoms with Crippen LogP contribution < -0.4 is 10.6 Å². The lowest BCUT2D eigenvalue weighted by atomic mass is 10.2. The lowest BCUT2D eigenvalue weighted by Gasteiger charge is -2.10. The van der Waals surface area contributed by atoms with Gasteiger partial charge in [-0.05, 0) is 43.4 Å². The van der Waals surface area contributed by atoms with Crippen LogP contribution in [-0.4, -0.2) is 28.4 Å². The summed E-state index contributed by atoms with van der Waals surface area (Å²) in [5.74, 6) is 0. The van der Waals surface area contributed by atoms with Gasteiger partial charge < -0.3 is 20.3 Å². The van der Waals surface area contributed by atoms with Crippen LogP contribution in [0.15, 0.2) is 30.5 Å². The maximum Gasteiger partial charge on any atom is 0.319 e. The second-order valence-corrected chi connectivity index (χ2v) is 5.30. The van der Waals surface area contributed by atoms with Crippen molar-refractivity contribution in [2.75, 3.05) is 11.9 Å². The first-order chi connectivity index (χ1) is 10.1. The molecule has 0 spiro atoms. The van der Waals surface area contributed by atoms with Gasteiger partial charge in [0.05, 0.1) is 11.6 Å². The number of nitrogens with zero attached hydrogens (tertiary/aromatic N) is 1. The Morgan fingerprint density at radius 2 is 2.19 bits per heavy atom. The minimum atomic E-state index is -0.404. The Bertz CT molecular complexity index is 605. The fourth-order valence-electron chi connectivity index (χ4n) is 2.27. The third-order valence-corrected chi connectivity index (χ3v) is 3.34. The average molecular weight is 289 g/mol. The monoisotopic (exact) mass is 289 g/mol. The summed E-state index contributed by atoms with van der Waals surface area (Å²) in [6.07, 6.45) is 3.28. The number of rotatable bonds is 6. The Labute approximate surface area is 125 Å². The van der Waals surface area contributed by atoms with E-state index in [4.69, 9.17) is 5.11 Å². The summed E-state index contributed by atoms with van der Waals surface area (Å²) in [4.78, 5) is 11.8. The molecule has 0 radical (unpaired) electrons. The van der Waals surface area contributed by atoms with Gasteiger partial charge in [-0.3, -0.25) is 0 Å². The number of aryl methyl sites for hydroxylation is 1. The molecule has 5 nitrogen and oxygen atoms in total. The highest BCUT2D eigenvalue weighted by molar-refractivity contribution is 5.92. The molecule has 0 fully saturated rings. The summed E-state index contributed by atoms with van der Waals surface area (Å²) in [7, 11) is 0. The topological polar surface area (TPSA) is 66.3 Å². The first-order valence-corrected chi connectivity index (χ1v) is 7.42. The molecule has 5 heteroatoms. The summed E-state index contributed by atoms with van der Waals surface area (Å²) in [6.45, 7) is 5.27. The Morgan fingerprint density at radius 1 is 1.38 bits per heavy atom. The third-order valence-electron chi connectivity index (χ3n) is 3.34. The van der Waals surface area contributed by atoms with Crippen molar-refractivity contribution in [3.63, 3.8) is 0 Å². The van der Waals surface area contributed by atoms with Gasteiger partial charge in [-0.2, -0.15) is 0 Å². The number of carbonyl (C=O) groups is 1.